The van der Waals surface area contributed by atoms with Crippen LogP contribution in [0, 0.1) is 0 Å². The summed E-state index contributed by atoms with van der Waals surface area (Å²) in [6.45, 7) is 6.89. The number of carbonyl (C=O) groups excluding carboxylic acids is 1. The molecule has 1 amide bonds. The summed E-state index contributed by atoms with van der Waals surface area (Å²) < 4.78 is 5.44. The molecule has 7 nitrogen and oxygen atoms in total. The predicted molar refractivity (Wildman–Crippen MR) is 111 cm³/mol. The Kier molecular flexibility index (Phi) is 6.24. The number of likely N-dealkylation sites (tertiary alicyclic amines) is 1. The van der Waals surface area contributed by atoms with Crippen LogP contribution in [-0.2, 0) is 4.74 Å². The van der Waals surface area contributed by atoms with Gasteiger partial charge in [0.15, 0.2) is 5.82 Å². The maximum Gasteiger partial charge on any atom is 0.410 e. The molecule has 1 aliphatic heterocycles. The molecular formula is C20H26ClN5O2. The molecule has 2 aromatic rings. The molecule has 3 rings (SSSR count). The number of ether oxygens (including phenoxy) is 1. The van der Waals surface area contributed by atoms with Crippen LogP contribution in [-0.4, -0.2) is 45.7 Å². The summed E-state index contributed by atoms with van der Waals surface area (Å²) in [7, 11) is 0. The van der Waals surface area contributed by atoms with Gasteiger partial charge < -0.3 is 20.3 Å². The molecule has 0 aliphatic carbocycles. The van der Waals surface area contributed by atoms with Gasteiger partial charge in [-0.05, 0) is 45.7 Å². The Labute approximate surface area is 170 Å². The number of halogens is 1. The molecule has 28 heavy (non-hydrogen) atoms. The van der Waals surface area contributed by atoms with Crippen molar-refractivity contribution in [3.05, 3.63) is 41.6 Å². The number of nitrogens with one attached hydrogen (secondary N) is 2. The summed E-state index contributed by atoms with van der Waals surface area (Å²) in [6.07, 6.45) is 2.92. The van der Waals surface area contributed by atoms with Gasteiger partial charge in [-0.25, -0.2) is 9.78 Å². The second kappa shape index (κ2) is 8.65. The lowest BCUT2D eigenvalue weighted by atomic mass is 10.1. The van der Waals surface area contributed by atoms with E-state index >= 15 is 0 Å². The number of hydrogen-bond acceptors (Lipinski definition) is 6. The number of benzene rings is 1. The van der Waals surface area contributed by atoms with Crippen molar-refractivity contribution in [3.63, 3.8) is 0 Å². The van der Waals surface area contributed by atoms with Crippen molar-refractivity contribution in [1.29, 1.82) is 0 Å². The quantitative estimate of drug-likeness (QED) is 0.771. The fourth-order valence-electron chi connectivity index (χ4n) is 2.90. The van der Waals surface area contributed by atoms with Crippen LogP contribution in [0.25, 0.3) is 0 Å². The van der Waals surface area contributed by atoms with E-state index in [0.717, 1.165) is 18.5 Å². The summed E-state index contributed by atoms with van der Waals surface area (Å²) in [6, 6.07) is 9.90. The lowest BCUT2D eigenvalue weighted by Gasteiger charge is -2.33. The molecule has 0 spiro atoms. The van der Waals surface area contributed by atoms with Gasteiger partial charge in [0.25, 0.3) is 0 Å². The SMILES string of the molecule is CC(C)(C)OC(=O)N1CCC(Nc2ncc(Cl)c(Nc3ccccc3)n2)CC1. The van der Waals surface area contributed by atoms with Crippen LogP contribution < -0.4 is 10.6 Å². The maximum atomic E-state index is 12.2. The average molecular weight is 404 g/mol. The molecule has 150 valence electrons. The third kappa shape index (κ3) is 5.73. The Morgan fingerprint density at radius 1 is 1.21 bits per heavy atom. The third-order valence-electron chi connectivity index (χ3n) is 4.26. The van der Waals surface area contributed by atoms with E-state index in [9.17, 15) is 4.79 Å². The minimum atomic E-state index is -0.481. The summed E-state index contributed by atoms with van der Waals surface area (Å²) in [5, 5.41) is 7.00. The molecule has 0 atom stereocenters. The highest BCUT2D eigenvalue weighted by Crippen LogP contribution is 2.24. The van der Waals surface area contributed by atoms with Gasteiger partial charge >= 0.3 is 6.09 Å². The Bertz CT molecular complexity index is 802. The average Bonchev–Trinajstić information content (AvgIpc) is 2.64. The van der Waals surface area contributed by atoms with Gasteiger partial charge in [0, 0.05) is 24.8 Å². The molecule has 0 bridgehead atoms. The van der Waals surface area contributed by atoms with E-state index in [1.807, 2.05) is 51.1 Å². The molecule has 1 saturated heterocycles. The van der Waals surface area contributed by atoms with Crippen LogP contribution in [0.4, 0.5) is 22.2 Å². The van der Waals surface area contributed by atoms with E-state index in [-0.39, 0.29) is 12.1 Å². The first-order valence-electron chi connectivity index (χ1n) is 9.39. The normalized spacial score (nSPS) is 15.2. The molecule has 1 aromatic heterocycles. The van der Waals surface area contributed by atoms with Gasteiger partial charge in [0.1, 0.15) is 10.6 Å². The van der Waals surface area contributed by atoms with Crippen LogP contribution in [0.3, 0.4) is 0 Å². The van der Waals surface area contributed by atoms with Crippen LogP contribution in [0.2, 0.25) is 5.02 Å². The van der Waals surface area contributed by atoms with Gasteiger partial charge in [-0.1, -0.05) is 29.8 Å². The predicted octanol–water partition coefficient (Wildman–Crippen LogP) is 4.69. The maximum absolute atomic E-state index is 12.2. The van der Waals surface area contributed by atoms with Crippen LogP contribution >= 0.6 is 11.6 Å². The monoisotopic (exact) mass is 403 g/mol. The number of hydrogen-bond donors (Lipinski definition) is 2. The molecule has 1 aliphatic rings. The zero-order valence-electron chi connectivity index (χ0n) is 16.4. The topological polar surface area (TPSA) is 79.4 Å². The highest BCUT2D eigenvalue weighted by atomic mass is 35.5. The van der Waals surface area contributed by atoms with Crippen molar-refractivity contribution in [1.82, 2.24) is 14.9 Å². The van der Waals surface area contributed by atoms with Crippen LogP contribution in [0.1, 0.15) is 33.6 Å². The number of rotatable bonds is 4. The molecular weight excluding hydrogens is 378 g/mol. The standard InChI is InChI=1S/C20H26ClN5O2/c1-20(2,3)28-19(27)26-11-9-15(10-12-26)24-18-22-13-16(21)17(25-18)23-14-7-5-4-6-8-14/h4-8,13,15H,9-12H2,1-3H3,(H2,22,23,24,25). The second-order valence-corrected chi connectivity index (χ2v) is 8.17. The molecule has 2 N–H and O–H groups in total. The van der Waals surface area contributed by atoms with Gasteiger partial charge in [-0.2, -0.15) is 4.98 Å². The van der Waals surface area contributed by atoms with Crippen molar-refractivity contribution in [2.24, 2.45) is 0 Å². The van der Waals surface area contributed by atoms with Gasteiger partial charge in [-0.15, -0.1) is 0 Å². The molecule has 0 radical (unpaired) electrons. The third-order valence-corrected chi connectivity index (χ3v) is 4.54. The summed E-state index contributed by atoms with van der Waals surface area (Å²) >= 11 is 6.22. The van der Waals surface area contributed by atoms with Gasteiger partial charge in [-0.3, -0.25) is 0 Å². The van der Waals surface area contributed by atoms with E-state index in [2.05, 4.69) is 20.6 Å². The second-order valence-electron chi connectivity index (χ2n) is 7.77. The first-order chi connectivity index (χ1) is 13.3. The van der Waals surface area contributed by atoms with E-state index in [1.54, 1.807) is 11.1 Å². The molecule has 2 heterocycles. The van der Waals surface area contributed by atoms with Crippen molar-refractivity contribution < 1.29 is 9.53 Å². The van der Waals surface area contributed by atoms with Crippen molar-refractivity contribution >= 4 is 35.1 Å². The molecule has 0 saturated carbocycles. The minimum absolute atomic E-state index is 0.185. The Morgan fingerprint density at radius 2 is 1.89 bits per heavy atom. The van der Waals surface area contributed by atoms with Crippen LogP contribution in [0.15, 0.2) is 36.5 Å². The number of aromatic nitrogens is 2. The first-order valence-corrected chi connectivity index (χ1v) is 9.77. The summed E-state index contributed by atoms with van der Waals surface area (Å²) in [5.41, 5.74) is 0.422. The summed E-state index contributed by atoms with van der Waals surface area (Å²) in [4.78, 5) is 22.7. The number of anilines is 3. The highest BCUT2D eigenvalue weighted by molar-refractivity contribution is 6.32. The number of piperidine rings is 1. The lowest BCUT2D eigenvalue weighted by Crippen LogP contribution is -2.44. The number of para-hydroxylation sites is 1. The Morgan fingerprint density at radius 3 is 2.54 bits per heavy atom. The van der Waals surface area contributed by atoms with Crippen molar-refractivity contribution in [2.75, 3.05) is 23.7 Å². The summed E-state index contributed by atoms with van der Waals surface area (Å²) in [5.74, 6) is 1.06. The minimum Gasteiger partial charge on any atom is -0.444 e. The largest absolute Gasteiger partial charge is 0.444 e. The number of amides is 1. The van der Waals surface area contributed by atoms with Crippen molar-refractivity contribution in [2.45, 2.75) is 45.3 Å². The molecule has 8 heteroatoms. The van der Waals surface area contributed by atoms with Gasteiger partial charge in [0.2, 0.25) is 5.95 Å². The fourth-order valence-corrected chi connectivity index (χ4v) is 3.04. The fraction of sp³-hybridized carbons (Fsp3) is 0.450. The Balaban J connectivity index is 1.56. The van der Waals surface area contributed by atoms with E-state index in [1.165, 1.54) is 0 Å². The van der Waals surface area contributed by atoms with Crippen molar-refractivity contribution in [3.8, 4) is 0 Å². The number of nitrogens with zero attached hydrogens (tertiary/aromatic N) is 3. The molecule has 1 aromatic carbocycles. The molecule has 0 unspecified atom stereocenters. The van der Waals surface area contributed by atoms with E-state index in [4.69, 9.17) is 16.3 Å². The van der Waals surface area contributed by atoms with E-state index < -0.39 is 5.60 Å². The van der Waals surface area contributed by atoms with E-state index in [0.29, 0.717) is 29.9 Å². The van der Waals surface area contributed by atoms with Crippen LogP contribution in [0.5, 0.6) is 0 Å². The highest BCUT2D eigenvalue weighted by Gasteiger charge is 2.27. The first kappa shape index (κ1) is 20.2. The zero-order chi connectivity index (χ0) is 20.1. The lowest BCUT2D eigenvalue weighted by molar-refractivity contribution is 0.0210. The van der Waals surface area contributed by atoms with Gasteiger partial charge in [0.05, 0.1) is 6.20 Å². The zero-order valence-corrected chi connectivity index (χ0v) is 17.2. The smallest absolute Gasteiger partial charge is 0.410 e. The number of carbonyl (C=O) groups is 1. The Hall–Kier alpha value is -2.54. The molecule has 1 fully saturated rings.